The molecular weight excluding hydrogens is 236 g/mol. The highest BCUT2D eigenvalue weighted by Crippen LogP contribution is 2.16. The summed E-state index contributed by atoms with van der Waals surface area (Å²) in [4.78, 5) is 15.7. The number of rotatable bonds is 3. The van der Waals surface area contributed by atoms with Crippen LogP contribution >= 0.6 is 0 Å². The zero-order valence-electron chi connectivity index (χ0n) is 9.78. The van der Waals surface area contributed by atoms with Crippen molar-refractivity contribution in [3.8, 4) is 0 Å². The Labute approximate surface area is 103 Å². The van der Waals surface area contributed by atoms with Gasteiger partial charge in [0.2, 0.25) is 0 Å². The predicted octanol–water partition coefficient (Wildman–Crippen LogP) is 3.09. The van der Waals surface area contributed by atoms with E-state index in [9.17, 15) is 13.6 Å². The number of carbonyl (C=O) groups is 1. The molecule has 0 saturated carbocycles. The van der Waals surface area contributed by atoms with Crippen LogP contribution in [0.15, 0.2) is 36.7 Å². The van der Waals surface area contributed by atoms with Crippen LogP contribution in [0.5, 0.6) is 0 Å². The lowest BCUT2D eigenvalue weighted by Crippen LogP contribution is -2.07. The number of aromatic nitrogens is 1. The van der Waals surface area contributed by atoms with Crippen LogP contribution in [0.2, 0.25) is 0 Å². The minimum atomic E-state index is -0.822. The maximum absolute atomic E-state index is 13.5. The molecular formula is C14H11F2NO. The fourth-order valence-corrected chi connectivity index (χ4v) is 1.65. The van der Waals surface area contributed by atoms with Crippen molar-refractivity contribution in [2.24, 2.45) is 0 Å². The number of ketones is 1. The minimum Gasteiger partial charge on any atom is -0.294 e. The summed E-state index contributed by atoms with van der Waals surface area (Å²) in [7, 11) is 0. The van der Waals surface area contributed by atoms with Crippen LogP contribution in [-0.2, 0) is 6.42 Å². The monoisotopic (exact) mass is 247 g/mol. The summed E-state index contributed by atoms with van der Waals surface area (Å²) in [6.07, 6.45) is 3.20. The van der Waals surface area contributed by atoms with Crippen molar-refractivity contribution >= 4 is 5.78 Å². The molecule has 0 unspecified atom stereocenters. The van der Waals surface area contributed by atoms with Gasteiger partial charge in [-0.1, -0.05) is 0 Å². The number of hydrogen-bond acceptors (Lipinski definition) is 2. The molecule has 0 amide bonds. The van der Waals surface area contributed by atoms with E-state index in [-0.39, 0.29) is 23.3 Å². The van der Waals surface area contributed by atoms with E-state index in [1.807, 2.05) is 0 Å². The summed E-state index contributed by atoms with van der Waals surface area (Å²) < 4.78 is 26.6. The first-order valence-electron chi connectivity index (χ1n) is 5.45. The van der Waals surface area contributed by atoms with E-state index < -0.39 is 11.6 Å². The van der Waals surface area contributed by atoms with E-state index in [1.54, 1.807) is 24.5 Å². The van der Waals surface area contributed by atoms with Crippen molar-refractivity contribution < 1.29 is 13.6 Å². The van der Waals surface area contributed by atoms with Crippen LogP contribution in [0.3, 0.4) is 0 Å². The average molecular weight is 247 g/mol. The van der Waals surface area contributed by atoms with Gasteiger partial charge in [0.15, 0.2) is 5.78 Å². The normalized spacial score (nSPS) is 10.4. The van der Waals surface area contributed by atoms with Gasteiger partial charge >= 0.3 is 0 Å². The molecule has 2 rings (SSSR count). The highest BCUT2D eigenvalue weighted by Gasteiger charge is 2.14. The first-order chi connectivity index (χ1) is 8.58. The quantitative estimate of drug-likeness (QED) is 0.780. The van der Waals surface area contributed by atoms with E-state index >= 15 is 0 Å². The Balaban J connectivity index is 2.27. The van der Waals surface area contributed by atoms with Crippen LogP contribution in [0.1, 0.15) is 21.5 Å². The topological polar surface area (TPSA) is 30.0 Å². The van der Waals surface area contributed by atoms with E-state index in [2.05, 4.69) is 4.98 Å². The average Bonchev–Trinajstić information content (AvgIpc) is 2.35. The van der Waals surface area contributed by atoms with Gasteiger partial charge in [-0.3, -0.25) is 9.78 Å². The number of benzene rings is 1. The third-order valence-corrected chi connectivity index (χ3v) is 2.66. The van der Waals surface area contributed by atoms with Crippen molar-refractivity contribution in [2.75, 3.05) is 0 Å². The molecule has 0 aliphatic rings. The Morgan fingerprint density at radius 1 is 1.17 bits per heavy atom. The summed E-state index contributed by atoms with van der Waals surface area (Å²) in [6.45, 7) is 1.50. The van der Waals surface area contributed by atoms with Crippen LogP contribution in [0.25, 0.3) is 0 Å². The smallest absolute Gasteiger partial charge is 0.170 e. The number of Topliss-reactive ketones (excluding diaryl/α,β-unsaturated/α-hetero) is 1. The Kier molecular flexibility index (Phi) is 3.46. The van der Waals surface area contributed by atoms with Gasteiger partial charge in [-0.25, -0.2) is 8.78 Å². The van der Waals surface area contributed by atoms with Crippen LogP contribution < -0.4 is 0 Å². The second-order valence-corrected chi connectivity index (χ2v) is 4.04. The summed E-state index contributed by atoms with van der Waals surface area (Å²) in [5, 5.41) is 0. The maximum Gasteiger partial charge on any atom is 0.170 e. The molecule has 1 aromatic carbocycles. The number of aryl methyl sites for hydroxylation is 1. The first kappa shape index (κ1) is 12.4. The summed E-state index contributed by atoms with van der Waals surface area (Å²) in [6, 6.07) is 5.36. The Morgan fingerprint density at radius 2 is 1.83 bits per heavy atom. The molecule has 2 nitrogen and oxygen atoms in total. The van der Waals surface area contributed by atoms with Crippen molar-refractivity contribution in [3.63, 3.8) is 0 Å². The van der Waals surface area contributed by atoms with Gasteiger partial charge in [0.25, 0.3) is 0 Å². The fraction of sp³-hybridized carbons (Fsp3) is 0.143. The minimum absolute atomic E-state index is 0.0739. The number of carbonyl (C=O) groups excluding carboxylic acids is 1. The van der Waals surface area contributed by atoms with E-state index in [4.69, 9.17) is 0 Å². The van der Waals surface area contributed by atoms with E-state index in [1.165, 1.54) is 13.0 Å². The number of nitrogens with zero attached hydrogens (tertiary/aromatic N) is 1. The molecule has 0 aliphatic carbocycles. The number of hydrogen-bond donors (Lipinski definition) is 0. The third-order valence-electron chi connectivity index (χ3n) is 2.66. The molecule has 0 spiro atoms. The van der Waals surface area contributed by atoms with Gasteiger partial charge in [0.1, 0.15) is 11.6 Å². The van der Waals surface area contributed by atoms with Gasteiger partial charge in [-0.05, 0) is 36.2 Å². The standard InChI is InChI=1S/C14H11F2NO/c1-9-6-11(13(16)8-12(9)15)14(18)7-10-2-4-17-5-3-10/h2-6,8H,7H2,1H3. The van der Waals surface area contributed by atoms with Crippen molar-refractivity contribution in [2.45, 2.75) is 13.3 Å². The largest absolute Gasteiger partial charge is 0.294 e. The Hall–Kier alpha value is -2.10. The van der Waals surface area contributed by atoms with E-state index in [0.717, 1.165) is 11.6 Å². The molecule has 0 saturated heterocycles. The van der Waals surface area contributed by atoms with Crippen molar-refractivity contribution in [1.29, 1.82) is 0 Å². The molecule has 0 atom stereocenters. The SMILES string of the molecule is Cc1cc(C(=O)Cc2ccncc2)c(F)cc1F. The van der Waals surface area contributed by atoms with E-state index in [0.29, 0.717) is 0 Å². The third kappa shape index (κ3) is 2.59. The van der Waals surface area contributed by atoms with Crippen LogP contribution in [-0.4, -0.2) is 10.8 Å². The summed E-state index contributed by atoms with van der Waals surface area (Å²) in [5.41, 5.74) is 0.927. The molecule has 1 aromatic heterocycles. The molecule has 2 aromatic rings. The fourth-order valence-electron chi connectivity index (χ4n) is 1.65. The van der Waals surface area contributed by atoms with Gasteiger partial charge in [-0.2, -0.15) is 0 Å². The predicted molar refractivity (Wildman–Crippen MR) is 63.4 cm³/mol. The zero-order chi connectivity index (χ0) is 13.1. The second kappa shape index (κ2) is 5.04. The number of pyridine rings is 1. The Bertz CT molecular complexity index is 582. The Morgan fingerprint density at radius 3 is 2.50 bits per heavy atom. The molecule has 4 heteroatoms. The molecule has 0 radical (unpaired) electrons. The molecule has 0 N–H and O–H groups in total. The van der Waals surface area contributed by atoms with Gasteiger partial charge < -0.3 is 0 Å². The number of halogens is 2. The first-order valence-corrected chi connectivity index (χ1v) is 5.45. The maximum atomic E-state index is 13.5. The van der Waals surface area contributed by atoms with Gasteiger partial charge in [0, 0.05) is 24.9 Å². The molecule has 0 bridgehead atoms. The van der Waals surface area contributed by atoms with Crippen LogP contribution in [0.4, 0.5) is 8.78 Å². The lowest BCUT2D eigenvalue weighted by atomic mass is 10.0. The van der Waals surface area contributed by atoms with Crippen molar-refractivity contribution in [1.82, 2.24) is 4.98 Å². The van der Waals surface area contributed by atoms with Gasteiger partial charge in [0.05, 0.1) is 5.56 Å². The molecule has 0 fully saturated rings. The summed E-state index contributed by atoms with van der Waals surface area (Å²) >= 11 is 0. The molecule has 18 heavy (non-hydrogen) atoms. The van der Waals surface area contributed by atoms with Crippen molar-refractivity contribution in [3.05, 3.63) is 65.0 Å². The molecule has 0 aliphatic heterocycles. The van der Waals surface area contributed by atoms with Gasteiger partial charge in [-0.15, -0.1) is 0 Å². The lowest BCUT2D eigenvalue weighted by molar-refractivity contribution is 0.0989. The molecule has 1 heterocycles. The highest BCUT2D eigenvalue weighted by atomic mass is 19.1. The molecule has 92 valence electrons. The lowest BCUT2D eigenvalue weighted by Gasteiger charge is -2.05. The summed E-state index contributed by atoms with van der Waals surface area (Å²) in [5.74, 6) is -1.84. The van der Waals surface area contributed by atoms with Crippen LogP contribution in [0, 0.1) is 18.6 Å². The zero-order valence-corrected chi connectivity index (χ0v) is 9.78. The second-order valence-electron chi connectivity index (χ2n) is 4.04. The highest BCUT2D eigenvalue weighted by molar-refractivity contribution is 5.97.